The highest BCUT2D eigenvalue weighted by atomic mass is 127. The summed E-state index contributed by atoms with van der Waals surface area (Å²) in [5.74, 6) is 1.07. The van der Waals surface area contributed by atoms with Gasteiger partial charge in [0.1, 0.15) is 6.10 Å². The van der Waals surface area contributed by atoms with E-state index in [4.69, 9.17) is 9.73 Å². The lowest BCUT2D eigenvalue weighted by molar-refractivity contribution is -0.142. The maximum absolute atomic E-state index is 12.6. The summed E-state index contributed by atoms with van der Waals surface area (Å²) in [6, 6.07) is 14.8. The normalized spacial score (nSPS) is 19.6. The minimum atomic E-state index is -0.227. The fraction of sp³-hybridized carbons (Fsp3) is 0.478. The number of guanidine groups is 1. The number of fused-ring (bicyclic) bond motifs is 1. The molecule has 0 aliphatic carbocycles. The minimum absolute atomic E-state index is 0. The average molecular weight is 522 g/mol. The second-order valence-corrected chi connectivity index (χ2v) is 7.62. The zero-order valence-electron chi connectivity index (χ0n) is 17.5. The van der Waals surface area contributed by atoms with Crippen molar-refractivity contribution in [2.75, 3.05) is 39.3 Å². The molecule has 6 nitrogen and oxygen atoms in total. The van der Waals surface area contributed by atoms with Crippen LogP contribution in [0, 0.1) is 0 Å². The minimum Gasteiger partial charge on any atom is -0.368 e. The second kappa shape index (κ2) is 10.9. The number of ether oxygens (including phenoxy) is 1. The molecule has 0 radical (unpaired) electrons. The quantitative estimate of drug-likeness (QED) is 0.381. The predicted molar refractivity (Wildman–Crippen MR) is 131 cm³/mol. The van der Waals surface area contributed by atoms with Crippen molar-refractivity contribution in [1.82, 2.24) is 15.1 Å². The number of amides is 1. The summed E-state index contributed by atoms with van der Waals surface area (Å²) in [4.78, 5) is 21.7. The first kappa shape index (κ1) is 22.8. The van der Waals surface area contributed by atoms with Crippen molar-refractivity contribution in [2.24, 2.45) is 4.99 Å². The SMILES string of the molecule is CCNC(=NCc1cccc2ccccc12)N1CCN(C(=O)C2CCCO2)CC1.I. The molecular formula is C23H31IN4O2. The maximum atomic E-state index is 12.6. The Morgan fingerprint density at radius 3 is 2.57 bits per heavy atom. The number of carbonyl (C=O) groups is 1. The molecule has 2 aliphatic rings. The van der Waals surface area contributed by atoms with Gasteiger partial charge < -0.3 is 19.9 Å². The van der Waals surface area contributed by atoms with Crippen LogP contribution in [-0.4, -0.2) is 67.1 Å². The molecule has 2 aromatic rings. The molecule has 4 rings (SSSR count). The molecule has 1 unspecified atom stereocenters. The number of piperazine rings is 1. The van der Waals surface area contributed by atoms with E-state index in [0.717, 1.165) is 51.5 Å². The van der Waals surface area contributed by atoms with Gasteiger partial charge in [-0.05, 0) is 36.1 Å². The van der Waals surface area contributed by atoms with Gasteiger partial charge in [-0.1, -0.05) is 42.5 Å². The van der Waals surface area contributed by atoms with E-state index in [2.05, 4.69) is 59.6 Å². The Balaban J connectivity index is 0.00000256. The summed E-state index contributed by atoms with van der Waals surface area (Å²) in [5, 5.41) is 5.91. The van der Waals surface area contributed by atoms with Crippen molar-refractivity contribution in [3.05, 3.63) is 48.0 Å². The van der Waals surface area contributed by atoms with E-state index in [1.807, 2.05) is 4.90 Å². The van der Waals surface area contributed by atoms with Gasteiger partial charge >= 0.3 is 0 Å². The highest BCUT2D eigenvalue weighted by Crippen LogP contribution is 2.20. The molecule has 162 valence electrons. The molecule has 30 heavy (non-hydrogen) atoms. The Kier molecular flexibility index (Phi) is 8.32. The van der Waals surface area contributed by atoms with Gasteiger partial charge in [0.25, 0.3) is 5.91 Å². The number of hydrogen-bond donors (Lipinski definition) is 1. The molecule has 2 saturated heterocycles. The van der Waals surface area contributed by atoms with Crippen molar-refractivity contribution in [2.45, 2.75) is 32.4 Å². The van der Waals surface area contributed by atoms with Gasteiger partial charge in [-0.2, -0.15) is 0 Å². The number of aliphatic imine (C=N–C) groups is 1. The Morgan fingerprint density at radius 2 is 1.83 bits per heavy atom. The molecular weight excluding hydrogens is 491 g/mol. The van der Waals surface area contributed by atoms with Crippen LogP contribution in [0.5, 0.6) is 0 Å². The van der Waals surface area contributed by atoms with Crippen LogP contribution < -0.4 is 5.32 Å². The highest BCUT2D eigenvalue weighted by molar-refractivity contribution is 14.0. The number of hydrogen-bond acceptors (Lipinski definition) is 3. The number of benzene rings is 2. The fourth-order valence-corrected chi connectivity index (χ4v) is 4.13. The summed E-state index contributed by atoms with van der Waals surface area (Å²) in [5.41, 5.74) is 1.23. The predicted octanol–water partition coefficient (Wildman–Crippen LogP) is 3.25. The topological polar surface area (TPSA) is 57.2 Å². The third-order valence-electron chi connectivity index (χ3n) is 5.71. The van der Waals surface area contributed by atoms with E-state index in [9.17, 15) is 4.79 Å². The summed E-state index contributed by atoms with van der Waals surface area (Å²) >= 11 is 0. The molecule has 0 bridgehead atoms. The van der Waals surface area contributed by atoms with Gasteiger partial charge in [-0.15, -0.1) is 24.0 Å². The van der Waals surface area contributed by atoms with Crippen molar-refractivity contribution >= 4 is 46.6 Å². The molecule has 2 aliphatic heterocycles. The van der Waals surface area contributed by atoms with E-state index in [-0.39, 0.29) is 36.0 Å². The van der Waals surface area contributed by atoms with Gasteiger partial charge in [0.05, 0.1) is 6.54 Å². The molecule has 1 amide bonds. The Hall–Kier alpha value is -1.87. The Morgan fingerprint density at radius 1 is 1.10 bits per heavy atom. The van der Waals surface area contributed by atoms with Crippen LogP contribution in [-0.2, 0) is 16.1 Å². The first-order valence-electron chi connectivity index (χ1n) is 10.7. The lowest BCUT2D eigenvalue weighted by Crippen LogP contribution is -2.55. The molecule has 7 heteroatoms. The standard InChI is InChI=1S/C23H30N4O2.HI/c1-2-24-23(25-17-19-9-5-8-18-7-3-4-10-20(18)19)27-14-12-26(13-15-27)22(28)21-11-6-16-29-21;/h3-5,7-10,21H,2,6,11-17H2,1H3,(H,24,25);1H. The summed E-state index contributed by atoms with van der Waals surface area (Å²) in [6.45, 7) is 7.28. The van der Waals surface area contributed by atoms with Gasteiger partial charge in [0.2, 0.25) is 0 Å². The zero-order valence-corrected chi connectivity index (χ0v) is 19.9. The number of nitrogens with one attached hydrogen (secondary N) is 1. The smallest absolute Gasteiger partial charge is 0.251 e. The van der Waals surface area contributed by atoms with E-state index < -0.39 is 0 Å². The second-order valence-electron chi connectivity index (χ2n) is 7.62. The Bertz CT molecular complexity index is 869. The van der Waals surface area contributed by atoms with Gasteiger partial charge in [0, 0.05) is 39.3 Å². The maximum Gasteiger partial charge on any atom is 0.251 e. The first-order valence-corrected chi connectivity index (χ1v) is 10.7. The van der Waals surface area contributed by atoms with Gasteiger partial charge in [-0.25, -0.2) is 4.99 Å². The number of nitrogens with zero attached hydrogens (tertiary/aromatic N) is 3. The van der Waals surface area contributed by atoms with Crippen LogP contribution in [0.25, 0.3) is 10.8 Å². The fourth-order valence-electron chi connectivity index (χ4n) is 4.13. The van der Waals surface area contributed by atoms with Crippen LogP contribution in [0.15, 0.2) is 47.5 Å². The molecule has 2 fully saturated rings. The van der Waals surface area contributed by atoms with Crippen LogP contribution >= 0.6 is 24.0 Å². The van der Waals surface area contributed by atoms with Crippen LogP contribution in [0.2, 0.25) is 0 Å². The molecule has 0 saturated carbocycles. The van der Waals surface area contributed by atoms with E-state index in [1.165, 1.54) is 16.3 Å². The molecule has 2 heterocycles. The van der Waals surface area contributed by atoms with E-state index >= 15 is 0 Å². The third kappa shape index (κ3) is 5.24. The molecule has 0 spiro atoms. The van der Waals surface area contributed by atoms with E-state index in [0.29, 0.717) is 13.2 Å². The highest BCUT2D eigenvalue weighted by Gasteiger charge is 2.30. The third-order valence-corrected chi connectivity index (χ3v) is 5.71. The average Bonchev–Trinajstić information content (AvgIpc) is 3.31. The lowest BCUT2D eigenvalue weighted by atomic mass is 10.1. The lowest BCUT2D eigenvalue weighted by Gasteiger charge is -2.37. The first-order chi connectivity index (χ1) is 14.3. The summed E-state index contributed by atoms with van der Waals surface area (Å²) < 4.78 is 5.56. The zero-order chi connectivity index (χ0) is 20.1. The van der Waals surface area contributed by atoms with Gasteiger partial charge in [-0.3, -0.25) is 4.79 Å². The van der Waals surface area contributed by atoms with Crippen molar-refractivity contribution in [1.29, 1.82) is 0 Å². The Labute approximate surface area is 195 Å². The number of rotatable bonds is 4. The largest absolute Gasteiger partial charge is 0.368 e. The summed E-state index contributed by atoms with van der Waals surface area (Å²) in [6.07, 6.45) is 1.62. The van der Waals surface area contributed by atoms with Crippen LogP contribution in [0.3, 0.4) is 0 Å². The van der Waals surface area contributed by atoms with Crippen molar-refractivity contribution in [3.8, 4) is 0 Å². The van der Waals surface area contributed by atoms with Crippen molar-refractivity contribution in [3.63, 3.8) is 0 Å². The molecule has 1 atom stereocenters. The van der Waals surface area contributed by atoms with Crippen LogP contribution in [0.4, 0.5) is 0 Å². The molecule has 2 aromatic carbocycles. The molecule has 0 aromatic heterocycles. The number of carbonyl (C=O) groups excluding carboxylic acids is 1. The van der Waals surface area contributed by atoms with E-state index in [1.54, 1.807) is 0 Å². The monoisotopic (exact) mass is 522 g/mol. The summed E-state index contributed by atoms with van der Waals surface area (Å²) in [7, 11) is 0. The molecule has 1 N–H and O–H groups in total. The van der Waals surface area contributed by atoms with Crippen LogP contribution in [0.1, 0.15) is 25.3 Å². The van der Waals surface area contributed by atoms with Crippen molar-refractivity contribution < 1.29 is 9.53 Å². The van der Waals surface area contributed by atoms with Gasteiger partial charge in [0.15, 0.2) is 5.96 Å². The number of halogens is 1.